The summed E-state index contributed by atoms with van der Waals surface area (Å²) >= 11 is 0. The highest BCUT2D eigenvalue weighted by Crippen LogP contribution is 2.39. The van der Waals surface area contributed by atoms with Gasteiger partial charge in [0.15, 0.2) is 0 Å². The molecule has 1 atom stereocenters. The summed E-state index contributed by atoms with van der Waals surface area (Å²) in [5.41, 5.74) is 10.9. The van der Waals surface area contributed by atoms with E-state index >= 15 is 0 Å². The van der Waals surface area contributed by atoms with Gasteiger partial charge >= 0.3 is 0 Å². The Hall–Kier alpha value is -4.26. The minimum atomic E-state index is -0.0513. The van der Waals surface area contributed by atoms with Crippen molar-refractivity contribution in [1.29, 1.82) is 0 Å². The van der Waals surface area contributed by atoms with E-state index in [1.807, 2.05) is 48.2 Å². The first kappa shape index (κ1) is 22.9. The van der Waals surface area contributed by atoms with Crippen LogP contribution in [0.2, 0.25) is 0 Å². The van der Waals surface area contributed by atoms with Crippen molar-refractivity contribution in [3.8, 4) is 16.9 Å². The average Bonchev–Trinajstić information content (AvgIpc) is 3.37. The number of carbonyl (C=O) groups excluding carboxylic acids is 1. The number of benzene rings is 2. The molecule has 7 heteroatoms. The maximum absolute atomic E-state index is 12.1. The third-order valence-electron chi connectivity index (χ3n) is 5.96. The van der Waals surface area contributed by atoms with Crippen molar-refractivity contribution < 1.29 is 9.53 Å². The molecule has 1 aliphatic heterocycles. The molecule has 0 radical (unpaired) electrons. The molecule has 34 heavy (non-hydrogen) atoms. The molecule has 0 spiro atoms. The lowest BCUT2D eigenvalue weighted by Crippen LogP contribution is -2.26. The fourth-order valence-electron chi connectivity index (χ4n) is 4.22. The molecule has 0 aliphatic carbocycles. The molecule has 1 amide bonds. The molecule has 1 fully saturated rings. The van der Waals surface area contributed by atoms with Crippen LogP contribution in [0, 0.1) is 0 Å². The van der Waals surface area contributed by atoms with Crippen LogP contribution in [0.3, 0.4) is 0 Å². The highest BCUT2D eigenvalue weighted by Gasteiger charge is 2.28. The molecule has 3 aromatic rings. The van der Waals surface area contributed by atoms with E-state index in [0.717, 1.165) is 34.0 Å². The standard InChI is InChI=1S/C27H27N5O2/c1-4-6-7-24(29-3)34-20-10-8-18(9-11-20)21-14-22(19-12-13-32(16-19)25(33)5-2)27-23(26(21)28)15-30-17-31-27/h4-11,14-15,17,19H,2-3,12-13,16,28H2,1H3/b6-4-,24-7+. The number of hydrogen-bond donors (Lipinski definition) is 1. The second-order valence-electron chi connectivity index (χ2n) is 8.00. The molecule has 172 valence electrons. The van der Waals surface area contributed by atoms with Gasteiger partial charge in [-0.3, -0.25) is 4.79 Å². The second kappa shape index (κ2) is 10.1. The summed E-state index contributed by atoms with van der Waals surface area (Å²) in [5.74, 6) is 1.16. The number of likely N-dealkylation sites (tertiary alicyclic amines) is 1. The van der Waals surface area contributed by atoms with E-state index in [1.54, 1.807) is 12.3 Å². The summed E-state index contributed by atoms with van der Waals surface area (Å²) in [7, 11) is 0. The number of hydrogen-bond acceptors (Lipinski definition) is 6. The van der Waals surface area contributed by atoms with E-state index in [0.29, 0.717) is 30.4 Å². The molecule has 4 rings (SSSR count). The quantitative estimate of drug-likeness (QED) is 0.181. The van der Waals surface area contributed by atoms with Crippen LogP contribution in [0.25, 0.3) is 22.0 Å². The lowest BCUT2D eigenvalue weighted by atomic mass is 9.90. The Bertz CT molecular complexity index is 1290. The van der Waals surface area contributed by atoms with Gasteiger partial charge in [-0.1, -0.05) is 30.9 Å². The summed E-state index contributed by atoms with van der Waals surface area (Å²) in [6.07, 6.45) is 11.0. The number of anilines is 1. The minimum Gasteiger partial charge on any atom is -0.439 e. The number of carbonyl (C=O) groups is 1. The fourth-order valence-corrected chi connectivity index (χ4v) is 4.22. The zero-order valence-corrected chi connectivity index (χ0v) is 19.1. The minimum absolute atomic E-state index is 0.0513. The molecule has 7 nitrogen and oxygen atoms in total. The van der Waals surface area contributed by atoms with Gasteiger partial charge < -0.3 is 15.4 Å². The Labute approximate surface area is 199 Å². The molecule has 1 saturated heterocycles. The Balaban J connectivity index is 1.71. The van der Waals surface area contributed by atoms with Gasteiger partial charge in [0.1, 0.15) is 12.1 Å². The number of aromatic nitrogens is 2. The predicted octanol–water partition coefficient (Wildman–Crippen LogP) is 4.88. The zero-order valence-electron chi connectivity index (χ0n) is 19.1. The number of ether oxygens (including phenoxy) is 1. The van der Waals surface area contributed by atoms with Crippen molar-refractivity contribution in [3.63, 3.8) is 0 Å². The number of rotatable bonds is 7. The van der Waals surface area contributed by atoms with E-state index in [1.165, 1.54) is 12.4 Å². The van der Waals surface area contributed by atoms with E-state index in [2.05, 4.69) is 34.3 Å². The van der Waals surface area contributed by atoms with Gasteiger partial charge in [-0.15, -0.1) is 0 Å². The van der Waals surface area contributed by atoms with Crippen molar-refractivity contribution in [1.82, 2.24) is 14.9 Å². The maximum Gasteiger partial charge on any atom is 0.245 e. The summed E-state index contributed by atoms with van der Waals surface area (Å²) in [6.45, 7) is 10.4. The third kappa shape index (κ3) is 4.59. The van der Waals surface area contributed by atoms with Crippen LogP contribution >= 0.6 is 0 Å². The van der Waals surface area contributed by atoms with Crippen LogP contribution in [0.15, 0.2) is 84.6 Å². The van der Waals surface area contributed by atoms with Crippen LogP contribution in [0.4, 0.5) is 5.69 Å². The number of fused-ring (bicyclic) bond motifs is 1. The van der Waals surface area contributed by atoms with Crippen molar-refractivity contribution >= 4 is 29.2 Å². The topological polar surface area (TPSA) is 93.7 Å². The van der Waals surface area contributed by atoms with Crippen molar-refractivity contribution in [3.05, 3.63) is 85.2 Å². The zero-order chi connectivity index (χ0) is 24.1. The first-order valence-corrected chi connectivity index (χ1v) is 11.1. The van der Waals surface area contributed by atoms with Gasteiger partial charge in [0.2, 0.25) is 11.8 Å². The van der Waals surface area contributed by atoms with Gasteiger partial charge in [0, 0.05) is 42.2 Å². The Kier molecular flexibility index (Phi) is 6.82. The SMILES string of the molecule is C=CC(=O)N1CCC(c2cc(-c3ccc(O/C(=C/C=C\C)N=C)cc3)c(N)c3cncnc23)C1. The smallest absolute Gasteiger partial charge is 0.245 e. The van der Waals surface area contributed by atoms with Crippen LogP contribution in [-0.2, 0) is 4.79 Å². The summed E-state index contributed by atoms with van der Waals surface area (Å²) in [5, 5.41) is 0.802. The molecule has 2 aromatic carbocycles. The van der Waals surface area contributed by atoms with E-state index in [-0.39, 0.29) is 11.8 Å². The lowest BCUT2D eigenvalue weighted by Gasteiger charge is -2.18. The molecule has 1 aliphatic rings. The highest BCUT2D eigenvalue weighted by atomic mass is 16.5. The van der Waals surface area contributed by atoms with Crippen molar-refractivity contribution in [2.45, 2.75) is 19.3 Å². The second-order valence-corrected chi connectivity index (χ2v) is 8.00. The molecular formula is C27H27N5O2. The number of nitrogens with zero attached hydrogens (tertiary/aromatic N) is 4. The normalized spacial score (nSPS) is 16.2. The van der Waals surface area contributed by atoms with Crippen molar-refractivity contribution in [2.24, 2.45) is 4.99 Å². The van der Waals surface area contributed by atoms with Crippen LogP contribution in [0.1, 0.15) is 24.8 Å². The Morgan fingerprint density at radius 3 is 2.82 bits per heavy atom. The molecule has 0 saturated carbocycles. The molecule has 1 aromatic heterocycles. The molecule has 1 unspecified atom stereocenters. The van der Waals surface area contributed by atoms with Gasteiger partial charge in [-0.2, -0.15) is 0 Å². The van der Waals surface area contributed by atoms with E-state index < -0.39 is 0 Å². The van der Waals surface area contributed by atoms with Gasteiger partial charge in [-0.05, 0) is 55.5 Å². The number of nitrogen functional groups attached to an aromatic ring is 1. The first-order valence-electron chi connectivity index (χ1n) is 11.1. The Morgan fingerprint density at radius 1 is 1.32 bits per heavy atom. The lowest BCUT2D eigenvalue weighted by molar-refractivity contribution is -0.125. The van der Waals surface area contributed by atoms with Gasteiger partial charge in [-0.25, -0.2) is 15.0 Å². The molecule has 2 heterocycles. The number of aliphatic imine (C=N–C) groups is 1. The molecule has 0 bridgehead atoms. The largest absolute Gasteiger partial charge is 0.439 e. The summed E-state index contributed by atoms with van der Waals surface area (Å²) in [6, 6.07) is 9.75. The van der Waals surface area contributed by atoms with Crippen LogP contribution in [-0.4, -0.2) is 40.6 Å². The van der Waals surface area contributed by atoms with Crippen molar-refractivity contribution in [2.75, 3.05) is 18.8 Å². The summed E-state index contributed by atoms with van der Waals surface area (Å²) < 4.78 is 5.79. The number of amides is 1. The fraction of sp³-hybridized carbons (Fsp3) is 0.185. The third-order valence-corrected chi connectivity index (χ3v) is 5.96. The van der Waals surface area contributed by atoms with Gasteiger partial charge in [0.25, 0.3) is 0 Å². The molecule has 2 N–H and O–H groups in total. The first-order chi connectivity index (χ1) is 16.5. The monoisotopic (exact) mass is 453 g/mol. The van der Waals surface area contributed by atoms with Crippen LogP contribution in [0.5, 0.6) is 5.75 Å². The highest BCUT2D eigenvalue weighted by molar-refractivity contribution is 6.00. The van der Waals surface area contributed by atoms with E-state index in [4.69, 9.17) is 10.5 Å². The average molecular weight is 454 g/mol. The Morgan fingerprint density at radius 2 is 2.12 bits per heavy atom. The molecular weight excluding hydrogens is 426 g/mol. The van der Waals surface area contributed by atoms with E-state index in [9.17, 15) is 4.79 Å². The van der Waals surface area contributed by atoms with Crippen LogP contribution < -0.4 is 10.5 Å². The predicted molar refractivity (Wildman–Crippen MR) is 137 cm³/mol. The maximum atomic E-state index is 12.1. The van der Waals surface area contributed by atoms with Gasteiger partial charge in [0.05, 0.1) is 11.2 Å². The summed E-state index contributed by atoms with van der Waals surface area (Å²) in [4.78, 5) is 26.6. The number of allylic oxidation sites excluding steroid dienone is 3. The number of nitrogens with two attached hydrogens (primary N) is 1.